The molecule has 0 aromatic rings. The van der Waals surface area contributed by atoms with E-state index in [1.807, 2.05) is 0 Å². The van der Waals surface area contributed by atoms with E-state index in [1.165, 1.54) is 0 Å². The topological polar surface area (TPSA) is 122 Å². The normalized spacial score (nSPS) is 18.9. The lowest BCUT2D eigenvalue weighted by molar-refractivity contribution is -0.131. The minimum atomic E-state index is -3.04. The number of hydrogen-bond donors (Lipinski definition) is 2. The number of carbonyl (C=O) groups excluding carboxylic acids is 1. The molecule has 102 valence electrons. The average molecular weight is 278 g/mol. The van der Waals surface area contributed by atoms with Crippen molar-refractivity contribution < 1.29 is 28.0 Å². The molecular formula is C9H14N2O6S. The van der Waals surface area contributed by atoms with Crippen molar-refractivity contribution in [1.82, 2.24) is 5.32 Å². The summed E-state index contributed by atoms with van der Waals surface area (Å²) < 4.78 is 21.7. The third kappa shape index (κ3) is 4.70. The molecule has 1 rings (SSSR count). The van der Waals surface area contributed by atoms with E-state index in [2.05, 4.69) is 15.3 Å². The SMILES string of the molecule is CS(=O)(=O)CCCNC(=O)C1CC(C(=O)O)=NO1. The predicted octanol–water partition coefficient (Wildman–Crippen LogP) is -1.23. The molecule has 1 atom stereocenters. The van der Waals surface area contributed by atoms with Gasteiger partial charge in [-0.3, -0.25) is 4.79 Å². The van der Waals surface area contributed by atoms with Gasteiger partial charge in [0.05, 0.1) is 5.75 Å². The smallest absolute Gasteiger partial charge is 0.353 e. The summed E-state index contributed by atoms with van der Waals surface area (Å²) >= 11 is 0. The Hall–Kier alpha value is -1.64. The van der Waals surface area contributed by atoms with Crippen LogP contribution < -0.4 is 5.32 Å². The van der Waals surface area contributed by atoms with Crippen LogP contribution in [0.4, 0.5) is 0 Å². The highest BCUT2D eigenvalue weighted by molar-refractivity contribution is 7.90. The first-order valence-electron chi connectivity index (χ1n) is 5.21. The van der Waals surface area contributed by atoms with Crippen LogP contribution in [0.25, 0.3) is 0 Å². The molecule has 0 fully saturated rings. The zero-order valence-corrected chi connectivity index (χ0v) is 10.6. The molecule has 1 heterocycles. The highest BCUT2D eigenvalue weighted by atomic mass is 32.2. The Morgan fingerprint density at radius 3 is 2.72 bits per heavy atom. The Balaban J connectivity index is 2.26. The van der Waals surface area contributed by atoms with Crippen molar-refractivity contribution in [3.63, 3.8) is 0 Å². The molecule has 1 aliphatic rings. The van der Waals surface area contributed by atoms with Gasteiger partial charge >= 0.3 is 5.97 Å². The second-order valence-corrected chi connectivity index (χ2v) is 6.18. The molecule has 1 unspecified atom stereocenters. The van der Waals surface area contributed by atoms with E-state index in [-0.39, 0.29) is 24.4 Å². The van der Waals surface area contributed by atoms with Gasteiger partial charge in [-0.1, -0.05) is 5.16 Å². The molecule has 0 aromatic carbocycles. The summed E-state index contributed by atoms with van der Waals surface area (Å²) in [5.41, 5.74) is -0.203. The molecule has 0 radical (unpaired) electrons. The van der Waals surface area contributed by atoms with E-state index in [9.17, 15) is 18.0 Å². The van der Waals surface area contributed by atoms with Crippen LogP contribution in [0, 0.1) is 0 Å². The molecule has 18 heavy (non-hydrogen) atoms. The number of hydrogen-bond acceptors (Lipinski definition) is 6. The van der Waals surface area contributed by atoms with Crippen LogP contribution in [0.15, 0.2) is 5.16 Å². The summed E-state index contributed by atoms with van der Waals surface area (Å²) in [7, 11) is -3.04. The predicted molar refractivity (Wildman–Crippen MR) is 61.9 cm³/mol. The first-order chi connectivity index (χ1) is 8.29. The number of oxime groups is 1. The Labute approximate surface area is 104 Å². The lowest BCUT2D eigenvalue weighted by Gasteiger charge is -2.08. The number of carbonyl (C=O) groups is 2. The molecule has 0 saturated carbocycles. The molecule has 0 bridgehead atoms. The molecule has 0 saturated heterocycles. The van der Waals surface area contributed by atoms with Crippen molar-refractivity contribution in [2.24, 2.45) is 5.16 Å². The summed E-state index contributed by atoms with van der Waals surface area (Å²) in [6.45, 7) is 0.189. The number of carboxylic acids is 1. The first kappa shape index (κ1) is 14.4. The number of aliphatic carboxylic acids is 1. The van der Waals surface area contributed by atoms with Crippen LogP contribution in [-0.4, -0.2) is 55.8 Å². The van der Waals surface area contributed by atoms with Crippen molar-refractivity contribution >= 4 is 27.4 Å². The number of amides is 1. The number of rotatable bonds is 6. The van der Waals surface area contributed by atoms with Gasteiger partial charge in [-0.25, -0.2) is 13.2 Å². The first-order valence-corrected chi connectivity index (χ1v) is 7.27. The van der Waals surface area contributed by atoms with Crippen LogP contribution in [0.1, 0.15) is 12.8 Å². The lowest BCUT2D eigenvalue weighted by atomic mass is 10.2. The van der Waals surface area contributed by atoms with Gasteiger partial charge in [0.25, 0.3) is 5.91 Å². The van der Waals surface area contributed by atoms with Crippen molar-refractivity contribution in [1.29, 1.82) is 0 Å². The lowest BCUT2D eigenvalue weighted by Crippen LogP contribution is -2.36. The van der Waals surface area contributed by atoms with Gasteiger partial charge in [0.15, 0.2) is 5.71 Å². The minimum absolute atomic E-state index is 0.0182. The Bertz CT molecular complexity index is 469. The molecule has 0 aromatic heterocycles. The van der Waals surface area contributed by atoms with E-state index in [4.69, 9.17) is 5.11 Å². The number of nitrogens with zero attached hydrogens (tertiary/aromatic N) is 1. The van der Waals surface area contributed by atoms with Gasteiger partial charge in [0.1, 0.15) is 9.84 Å². The summed E-state index contributed by atoms with van der Waals surface area (Å²) in [4.78, 5) is 26.7. The Morgan fingerprint density at radius 1 is 1.56 bits per heavy atom. The number of sulfone groups is 1. The molecule has 8 nitrogen and oxygen atoms in total. The number of carboxylic acid groups (broad SMARTS) is 1. The maximum atomic E-state index is 11.5. The van der Waals surface area contributed by atoms with E-state index >= 15 is 0 Å². The zero-order chi connectivity index (χ0) is 13.8. The van der Waals surface area contributed by atoms with Crippen LogP contribution in [0.2, 0.25) is 0 Å². The average Bonchev–Trinajstić information content (AvgIpc) is 2.72. The second-order valence-electron chi connectivity index (χ2n) is 3.92. The number of nitrogens with one attached hydrogen (secondary N) is 1. The van der Waals surface area contributed by atoms with Crippen LogP contribution in [0.3, 0.4) is 0 Å². The van der Waals surface area contributed by atoms with Gasteiger partial charge in [-0.05, 0) is 6.42 Å². The van der Waals surface area contributed by atoms with E-state index in [1.54, 1.807) is 0 Å². The highest BCUT2D eigenvalue weighted by Crippen LogP contribution is 2.10. The van der Waals surface area contributed by atoms with Gasteiger partial charge in [0, 0.05) is 19.2 Å². The molecule has 0 spiro atoms. The second kappa shape index (κ2) is 5.80. The fraction of sp³-hybridized carbons (Fsp3) is 0.667. The zero-order valence-electron chi connectivity index (χ0n) is 9.75. The minimum Gasteiger partial charge on any atom is -0.477 e. The fourth-order valence-electron chi connectivity index (χ4n) is 1.30. The van der Waals surface area contributed by atoms with Crippen molar-refractivity contribution in [2.45, 2.75) is 18.9 Å². The van der Waals surface area contributed by atoms with Gasteiger partial charge in [-0.15, -0.1) is 0 Å². The molecule has 9 heteroatoms. The highest BCUT2D eigenvalue weighted by Gasteiger charge is 2.31. The van der Waals surface area contributed by atoms with Crippen molar-refractivity contribution in [3.8, 4) is 0 Å². The van der Waals surface area contributed by atoms with Crippen molar-refractivity contribution in [2.75, 3.05) is 18.6 Å². The van der Waals surface area contributed by atoms with Crippen LogP contribution >= 0.6 is 0 Å². The van der Waals surface area contributed by atoms with E-state index in [0.717, 1.165) is 6.26 Å². The summed E-state index contributed by atoms with van der Waals surface area (Å²) in [6, 6.07) is 0. The third-order valence-electron chi connectivity index (χ3n) is 2.20. The van der Waals surface area contributed by atoms with Gasteiger partial charge < -0.3 is 15.3 Å². The van der Waals surface area contributed by atoms with Crippen LogP contribution in [-0.2, 0) is 24.3 Å². The van der Waals surface area contributed by atoms with Crippen molar-refractivity contribution in [3.05, 3.63) is 0 Å². The van der Waals surface area contributed by atoms with Gasteiger partial charge in [-0.2, -0.15) is 0 Å². The summed E-state index contributed by atoms with van der Waals surface area (Å²) in [6.07, 6.45) is 0.369. The standard InChI is InChI=1S/C9H14N2O6S/c1-18(15,16)4-2-3-10-8(12)7-5-6(9(13)14)11-17-7/h7H,2-5H2,1H3,(H,10,12)(H,13,14). The van der Waals surface area contributed by atoms with Gasteiger partial charge in [0.2, 0.25) is 6.10 Å². The quantitative estimate of drug-likeness (QED) is 0.586. The van der Waals surface area contributed by atoms with E-state index < -0.39 is 27.8 Å². The molecule has 1 amide bonds. The van der Waals surface area contributed by atoms with E-state index in [0.29, 0.717) is 6.42 Å². The molecule has 2 N–H and O–H groups in total. The monoisotopic (exact) mass is 278 g/mol. The third-order valence-corrected chi connectivity index (χ3v) is 3.23. The summed E-state index contributed by atoms with van der Waals surface area (Å²) in [5.74, 6) is -1.73. The maximum absolute atomic E-state index is 11.5. The van der Waals surface area contributed by atoms with Crippen LogP contribution in [0.5, 0.6) is 0 Å². The fourth-order valence-corrected chi connectivity index (χ4v) is 1.97. The molecule has 1 aliphatic heterocycles. The molecule has 0 aliphatic carbocycles. The summed E-state index contributed by atoms with van der Waals surface area (Å²) in [5, 5.41) is 14.3. The largest absolute Gasteiger partial charge is 0.477 e. The Kier molecular flexibility index (Phi) is 4.65. The maximum Gasteiger partial charge on any atom is 0.353 e. The Morgan fingerprint density at radius 2 is 2.22 bits per heavy atom. The molecular weight excluding hydrogens is 264 g/mol.